The second-order valence-electron chi connectivity index (χ2n) is 14.7. The largest absolute Gasteiger partial charge is 0.311 e. The quantitative estimate of drug-likeness (QED) is 0.114. The first-order valence-corrected chi connectivity index (χ1v) is 20.3. The van der Waals surface area contributed by atoms with E-state index in [1.807, 2.05) is 6.92 Å². The highest BCUT2D eigenvalue weighted by Crippen LogP contribution is 2.39. The molecule has 0 bridgehead atoms. The fourth-order valence-electron chi connectivity index (χ4n) is 7.49. The van der Waals surface area contributed by atoms with Gasteiger partial charge in [0, 0.05) is 34.1 Å². The molecular formula is C57H48N2. The summed E-state index contributed by atoms with van der Waals surface area (Å²) in [5.41, 5.74) is 17.4. The van der Waals surface area contributed by atoms with Crippen LogP contribution in [-0.2, 0) is 0 Å². The average molecular weight is 761 g/mol. The van der Waals surface area contributed by atoms with Crippen LogP contribution in [0.4, 0.5) is 34.1 Å². The molecule has 0 heterocycles. The molecule has 8 rings (SSSR count). The van der Waals surface area contributed by atoms with Crippen LogP contribution in [0.15, 0.2) is 242 Å². The molecule has 2 heteroatoms. The fourth-order valence-corrected chi connectivity index (χ4v) is 7.49. The van der Waals surface area contributed by atoms with Crippen molar-refractivity contribution in [3.63, 3.8) is 0 Å². The Morgan fingerprint density at radius 1 is 0.322 bits per heavy atom. The van der Waals surface area contributed by atoms with Gasteiger partial charge in [0.2, 0.25) is 0 Å². The van der Waals surface area contributed by atoms with E-state index in [4.69, 9.17) is 0 Å². The Kier molecular flexibility index (Phi) is 11.9. The number of para-hydroxylation sites is 1. The van der Waals surface area contributed by atoms with Crippen molar-refractivity contribution in [3.05, 3.63) is 248 Å². The maximum atomic E-state index is 2.33. The molecule has 0 fully saturated rings. The third-order valence-corrected chi connectivity index (χ3v) is 10.7. The molecule has 0 radical (unpaired) electrons. The lowest BCUT2D eigenvalue weighted by Crippen LogP contribution is -2.10. The van der Waals surface area contributed by atoms with Crippen LogP contribution in [-0.4, -0.2) is 0 Å². The van der Waals surface area contributed by atoms with Crippen LogP contribution in [0.1, 0.15) is 26.3 Å². The standard InChI is InChI=1S/C57H48N2/c1-4-14-43(2)21-22-44(3)45-23-33-53(34-24-45)58(52-19-12-7-13-20-52)54-39-29-50(30-40-54)51-31-41-57(42-32-51)59(55-35-25-48(26-36-55)46-15-8-5-9-16-46)56-37-27-49(28-38-56)47-17-10-6-11-18-47/h4-42H,1-3H3/b14-4+,43-21-,44-22+. The van der Waals surface area contributed by atoms with Crippen LogP contribution < -0.4 is 9.80 Å². The number of anilines is 6. The lowest BCUT2D eigenvalue weighted by molar-refractivity contribution is 1.28. The second-order valence-corrected chi connectivity index (χ2v) is 14.7. The highest BCUT2D eigenvalue weighted by atomic mass is 15.1. The summed E-state index contributed by atoms with van der Waals surface area (Å²) in [6.45, 7) is 6.34. The molecule has 59 heavy (non-hydrogen) atoms. The first-order chi connectivity index (χ1) is 29.0. The summed E-state index contributed by atoms with van der Waals surface area (Å²) in [6, 6.07) is 76.0. The average Bonchev–Trinajstić information content (AvgIpc) is 3.31. The summed E-state index contributed by atoms with van der Waals surface area (Å²) in [7, 11) is 0. The van der Waals surface area contributed by atoms with E-state index in [1.165, 1.54) is 39.0 Å². The van der Waals surface area contributed by atoms with E-state index in [0.29, 0.717) is 0 Å². The first-order valence-electron chi connectivity index (χ1n) is 20.3. The molecule has 0 saturated carbocycles. The van der Waals surface area contributed by atoms with Gasteiger partial charge in [-0.3, -0.25) is 0 Å². The Labute approximate surface area is 350 Å². The Bertz CT molecular complexity index is 2570. The minimum atomic E-state index is 1.10. The van der Waals surface area contributed by atoms with Gasteiger partial charge >= 0.3 is 0 Å². The molecule has 0 aliphatic carbocycles. The van der Waals surface area contributed by atoms with Crippen LogP contribution in [0.5, 0.6) is 0 Å². The molecule has 0 unspecified atom stereocenters. The Morgan fingerprint density at radius 2 is 0.610 bits per heavy atom. The van der Waals surface area contributed by atoms with Crippen molar-refractivity contribution in [3.8, 4) is 33.4 Å². The van der Waals surface area contributed by atoms with Crippen molar-refractivity contribution in [2.24, 2.45) is 0 Å². The summed E-state index contributed by atoms with van der Waals surface area (Å²) in [4.78, 5) is 4.65. The highest BCUT2D eigenvalue weighted by Gasteiger charge is 2.16. The SMILES string of the molecule is C/C=C/C(C)=C\C=C(/C)c1ccc(N(c2ccccc2)c2ccc(-c3ccc(N(c4ccc(-c5ccccc5)cc4)c4ccc(-c5ccccc5)cc4)cc3)cc2)cc1. The smallest absolute Gasteiger partial charge is 0.0462 e. The van der Waals surface area contributed by atoms with Gasteiger partial charge in [-0.15, -0.1) is 0 Å². The molecule has 0 saturated heterocycles. The van der Waals surface area contributed by atoms with Crippen LogP contribution in [0.25, 0.3) is 39.0 Å². The summed E-state index contributed by atoms with van der Waals surface area (Å²) in [5, 5.41) is 0. The number of hydrogen-bond donors (Lipinski definition) is 0. The van der Waals surface area contributed by atoms with Gasteiger partial charge in [0.15, 0.2) is 0 Å². The molecule has 0 atom stereocenters. The number of rotatable bonds is 12. The van der Waals surface area contributed by atoms with Crippen molar-refractivity contribution in [2.75, 3.05) is 9.80 Å². The molecule has 8 aromatic carbocycles. The van der Waals surface area contributed by atoms with Gasteiger partial charge in [-0.1, -0.05) is 169 Å². The van der Waals surface area contributed by atoms with Gasteiger partial charge in [-0.2, -0.15) is 0 Å². The maximum Gasteiger partial charge on any atom is 0.0462 e. The lowest BCUT2D eigenvalue weighted by Gasteiger charge is -2.26. The summed E-state index contributed by atoms with van der Waals surface area (Å²) in [6.07, 6.45) is 8.55. The Hall–Kier alpha value is -7.42. The molecule has 0 amide bonds. The molecule has 0 N–H and O–H groups in total. The molecule has 0 spiro atoms. The topological polar surface area (TPSA) is 6.48 Å². The zero-order valence-electron chi connectivity index (χ0n) is 33.9. The maximum absolute atomic E-state index is 2.33. The fraction of sp³-hybridized carbons (Fsp3) is 0.0526. The second kappa shape index (κ2) is 18.2. The Balaban J connectivity index is 1.08. The van der Waals surface area contributed by atoms with E-state index in [0.717, 1.165) is 45.3 Å². The van der Waals surface area contributed by atoms with Crippen molar-refractivity contribution in [2.45, 2.75) is 20.8 Å². The highest BCUT2D eigenvalue weighted by molar-refractivity contribution is 5.83. The predicted octanol–water partition coefficient (Wildman–Crippen LogP) is 16.6. The number of nitrogens with zero attached hydrogens (tertiary/aromatic N) is 2. The van der Waals surface area contributed by atoms with Crippen molar-refractivity contribution in [1.82, 2.24) is 0 Å². The third-order valence-electron chi connectivity index (χ3n) is 10.7. The van der Waals surface area contributed by atoms with Gasteiger partial charge in [-0.05, 0) is 138 Å². The molecule has 286 valence electrons. The van der Waals surface area contributed by atoms with Crippen molar-refractivity contribution < 1.29 is 0 Å². The van der Waals surface area contributed by atoms with E-state index in [9.17, 15) is 0 Å². The van der Waals surface area contributed by atoms with Crippen LogP contribution in [0.3, 0.4) is 0 Å². The summed E-state index contributed by atoms with van der Waals surface area (Å²) in [5.74, 6) is 0. The minimum Gasteiger partial charge on any atom is -0.311 e. The van der Waals surface area contributed by atoms with Gasteiger partial charge in [0.1, 0.15) is 0 Å². The molecular weight excluding hydrogens is 713 g/mol. The molecule has 2 nitrogen and oxygen atoms in total. The minimum absolute atomic E-state index is 1.10. The van der Waals surface area contributed by atoms with E-state index in [1.54, 1.807) is 0 Å². The van der Waals surface area contributed by atoms with Gasteiger partial charge < -0.3 is 9.80 Å². The molecule has 0 aromatic heterocycles. The normalized spacial score (nSPS) is 11.8. The Morgan fingerprint density at radius 3 is 0.949 bits per heavy atom. The van der Waals surface area contributed by atoms with Crippen molar-refractivity contribution >= 4 is 39.7 Å². The van der Waals surface area contributed by atoms with Gasteiger partial charge in [-0.25, -0.2) is 0 Å². The predicted molar refractivity (Wildman–Crippen MR) is 254 cm³/mol. The summed E-state index contributed by atoms with van der Waals surface area (Å²) < 4.78 is 0. The molecule has 0 aliphatic rings. The van der Waals surface area contributed by atoms with E-state index in [2.05, 4.69) is 260 Å². The zero-order chi connectivity index (χ0) is 40.4. The van der Waals surface area contributed by atoms with E-state index in [-0.39, 0.29) is 0 Å². The number of allylic oxidation sites excluding steroid dienone is 6. The van der Waals surface area contributed by atoms with Crippen molar-refractivity contribution in [1.29, 1.82) is 0 Å². The van der Waals surface area contributed by atoms with E-state index < -0.39 is 0 Å². The third kappa shape index (κ3) is 9.09. The summed E-state index contributed by atoms with van der Waals surface area (Å²) >= 11 is 0. The monoisotopic (exact) mass is 760 g/mol. The van der Waals surface area contributed by atoms with Gasteiger partial charge in [0.05, 0.1) is 0 Å². The van der Waals surface area contributed by atoms with Crippen LogP contribution in [0.2, 0.25) is 0 Å². The number of benzene rings is 8. The first kappa shape index (κ1) is 38.5. The van der Waals surface area contributed by atoms with Gasteiger partial charge in [0.25, 0.3) is 0 Å². The molecule has 8 aromatic rings. The van der Waals surface area contributed by atoms with E-state index >= 15 is 0 Å². The van der Waals surface area contributed by atoms with Crippen LogP contribution in [0, 0.1) is 0 Å². The number of hydrogen-bond acceptors (Lipinski definition) is 2. The molecule has 0 aliphatic heterocycles. The zero-order valence-corrected chi connectivity index (χ0v) is 33.9. The van der Waals surface area contributed by atoms with Crippen LogP contribution >= 0.6 is 0 Å². The lowest BCUT2D eigenvalue weighted by atomic mass is 10.0.